The van der Waals surface area contributed by atoms with E-state index in [0.717, 1.165) is 5.56 Å². The van der Waals surface area contributed by atoms with Crippen molar-refractivity contribution in [1.82, 2.24) is 9.80 Å². The highest BCUT2D eigenvalue weighted by molar-refractivity contribution is 7.80. The number of likely N-dealkylation sites (N-methyl/N-ethyl adjacent to an activating group) is 1. The van der Waals surface area contributed by atoms with Gasteiger partial charge < -0.3 is 24.4 Å². The van der Waals surface area contributed by atoms with Crippen LogP contribution in [-0.2, 0) is 20.9 Å². The van der Waals surface area contributed by atoms with Gasteiger partial charge in [-0.15, -0.1) is 0 Å². The molecule has 1 unspecified atom stereocenters. The second-order valence-corrected chi connectivity index (χ2v) is 8.11. The predicted molar refractivity (Wildman–Crippen MR) is 128 cm³/mol. The van der Waals surface area contributed by atoms with Gasteiger partial charge in [0, 0.05) is 18.8 Å². The Hall–Kier alpha value is -3.66. The van der Waals surface area contributed by atoms with Gasteiger partial charge in [-0.3, -0.25) is 14.5 Å². The summed E-state index contributed by atoms with van der Waals surface area (Å²) < 4.78 is 15.8. The van der Waals surface area contributed by atoms with Crippen molar-refractivity contribution in [3.63, 3.8) is 0 Å². The molecule has 178 valence electrons. The van der Waals surface area contributed by atoms with Gasteiger partial charge >= 0.3 is 5.97 Å². The SMILES string of the molecule is CCOC(=O)c1ccc(NC(=O)CC2C(=O)N(CC)C(=S)N2Cc2ccc3c(c2)OCO3)cc1. The van der Waals surface area contributed by atoms with Crippen molar-refractivity contribution in [3.05, 3.63) is 53.6 Å². The molecule has 1 N–H and O–H groups in total. The van der Waals surface area contributed by atoms with Gasteiger partial charge in [0.1, 0.15) is 6.04 Å². The highest BCUT2D eigenvalue weighted by Crippen LogP contribution is 2.34. The third-order valence-corrected chi connectivity index (χ3v) is 6.02. The van der Waals surface area contributed by atoms with Gasteiger partial charge in [-0.1, -0.05) is 6.07 Å². The average molecular weight is 484 g/mol. The molecule has 2 aromatic carbocycles. The molecule has 1 saturated heterocycles. The molecule has 1 atom stereocenters. The maximum absolute atomic E-state index is 13.0. The number of carbonyl (C=O) groups is 3. The first-order chi connectivity index (χ1) is 16.4. The van der Waals surface area contributed by atoms with Crippen LogP contribution in [0.4, 0.5) is 5.69 Å². The van der Waals surface area contributed by atoms with E-state index in [4.69, 9.17) is 26.4 Å². The zero-order chi connectivity index (χ0) is 24.2. The minimum atomic E-state index is -0.725. The number of ether oxygens (including phenoxy) is 3. The summed E-state index contributed by atoms with van der Waals surface area (Å²) in [4.78, 5) is 40.9. The van der Waals surface area contributed by atoms with Gasteiger partial charge in [-0.2, -0.15) is 0 Å². The first-order valence-corrected chi connectivity index (χ1v) is 11.4. The minimum Gasteiger partial charge on any atom is -0.462 e. The molecule has 34 heavy (non-hydrogen) atoms. The molecule has 0 aliphatic carbocycles. The molecule has 4 rings (SSSR count). The Morgan fingerprint density at radius 3 is 2.56 bits per heavy atom. The minimum absolute atomic E-state index is 0.0698. The topological polar surface area (TPSA) is 97.4 Å². The quantitative estimate of drug-likeness (QED) is 0.452. The molecular weight excluding hydrogens is 458 g/mol. The lowest BCUT2D eigenvalue weighted by Crippen LogP contribution is -2.37. The lowest BCUT2D eigenvalue weighted by atomic mass is 10.1. The number of benzene rings is 2. The van der Waals surface area contributed by atoms with Crippen molar-refractivity contribution in [2.24, 2.45) is 0 Å². The van der Waals surface area contributed by atoms with Gasteiger partial charge in [0.15, 0.2) is 16.6 Å². The molecule has 0 saturated carbocycles. The van der Waals surface area contributed by atoms with Crippen LogP contribution in [0.15, 0.2) is 42.5 Å². The van der Waals surface area contributed by atoms with Gasteiger partial charge in [-0.25, -0.2) is 4.79 Å². The van der Waals surface area contributed by atoms with Crippen LogP contribution in [-0.4, -0.2) is 58.7 Å². The Morgan fingerprint density at radius 1 is 1.12 bits per heavy atom. The largest absolute Gasteiger partial charge is 0.462 e. The summed E-state index contributed by atoms with van der Waals surface area (Å²) in [6.07, 6.45) is -0.0698. The molecule has 0 aromatic heterocycles. The molecule has 2 heterocycles. The van der Waals surface area contributed by atoms with Crippen molar-refractivity contribution >= 4 is 40.8 Å². The van der Waals surface area contributed by atoms with Crippen LogP contribution in [0.3, 0.4) is 0 Å². The number of anilines is 1. The van der Waals surface area contributed by atoms with Crippen LogP contribution in [0.25, 0.3) is 0 Å². The van der Waals surface area contributed by atoms with E-state index in [0.29, 0.717) is 41.0 Å². The number of esters is 1. The van der Waals surface area contributed by atoms with E-state index in [9.17, 15) is 14.4 Å². The van der Waals surface area contributed by atoms with E-state index >= 15 is 0 Å². The van der Waals surface area contributed by atoms with E-state index in [-0.39, 0.29) is 31.6 Å². The maximum Gasteiger partial charge on any atom is 0.338 e. The molecule has 0 bridgehead atoms. The van der Waals surface area contributed by atoms with Crippen molar-refractivity contribution < 1.29 is 28.6 Å². The smallest absolute Gasteiger partial charge is 0.338 e. The lowest BCUT2D eigenvalue weighted by Gasteiger charge is -2.24. The molecule has 9 nitrogen and oxygen atoms in total. The Balaban J connectivity index is 1.45. The number of carbonyl (C=O) groups excluding carboxylic acids is 3. The number of nitrogens with zero attached hydrogens (tertiary/aromatic N) is 2. The Labute approximate surface area is 202 Å². The number of hydrogen-bond acceptors (Lipinski definition) is 7. The van der Waals surface area contributed by atoms with Crippen LogP contribution in [0, 0.1) is 0 Å². The molecule has 0 radical (unpaired) electrons. The highest BCUT2D eigenvalue weighted by atomic mass is 32.1. The van der Waals surface area contributed by atoms with Gasteiger partial charge in [0.05, 0.1) is 18.6 Å². The van der Waals surface area contributed by atoms with Gasteiger partial charge in [0.2, 0.25) is 12.7 Å². The van der Waals surface area contributed by atoms with E-state index in [2.05, 4.69) is 5.32 Å². The van der Waals surface area contributed by atoms with Crippen molar-refractivity contribution in [2.75, 3.05) is 25.3 Å². The normalized spacial score (nSPS) is 16.7. The van der Waals surface area contributed by atoms with Gasteiger partial charge in [0.25, 0.3) is 5.91 Å². The molecular formula is C24H25N3O6S. The van der Waals surface area contributed by atoms with Crippen molar-refractivity contribution in [3.8, 4) is 11.5 Å². The zero-order valence-electron chi connectivity index (χ0n) is 18.9. The average Bonchev–Trinajstić information content (AvgIpc) is 3.37. The van der Waals surface area contributed by atoms with Crippen LogP contribution in [0.5, 0.6) is 11.5 Å². The number of rotatable bonds is 8. The summed E-state index contributed by atoms with van der Waals surface area (Å²) >= 11 is 5.56. The second-order valence-electron chi connectivity index (χ2n) is 7.75. The number of hydrogen-bond donors (Lipinski definition) is 1. The number of nitrogens with one attached hydrogen (secondary N) is 1. The van der Waals surface area contributed by atoms with E-state index in [1.807, 2.05) is 25.1 Å². The van der Waals surface area contributed by atoms with E-state index < -0.39 is 12.0 Å². The molecule has 2 aliphatic heterocycles. The highest BCUT2D eigenvalue weighted by Gasteiger charge is 2.42. The molecule has 1 fully saturated rings. The van der Waals surface area contributed by atoms with Crippen molar-refractivity contribution in [2.45, 2.75) is 32.9 Å². The molecule has 2 aliphatic rings. The first-order valence-electron chi connectivity index (χ1n) is 11.0. The summed E-state index contributed by atoms with van der Waals surface area (Å²) in [5.41, 5.74) is 1.79. The monoisotopic (exact) mass is 483 g/mol. The summed E-state index contributed by atoms with van der Waals surface area (Å²) in [5, 5.41) is 3.18. The summed E-state index contributed by atoms with van der Waals surface area (Å²) in [6, 6.07) is 11.2. The third-order valence-electron chi connectivity index (χ3n) is 5.57. The first kappa shape index (κ1) is 23.5. The molecule has 10 heteroatoms. The number of fused-ring (bicyclic) bond motifs is 1. The molecule has 2 amide bonds. The Morgan fingerprint density at radius 2 is 1.85 bits per heavy atom. The molecule has 0 spiro atoms. The Kier molecular flexibility index (Phi) is 6.97. The Bertz CT molecular complexity index is 1120. The van der Waals surface area contributed by atoms with Crippen LogP contribution in [0.1, 0.15) is 36.2 Å². The fraction of sp³-hybridized carbons (Fsp3) is 0.333. The van der Waals surface area contributed by atoms with Crippen LogP contribution >= 0.6 is 12.2 Å². The second kappa shape index (κ2) is 10.1. The fourth-order valence-electron chi connectivity index (χ4n) is 3.89. The van der Waals surface area contributed by atoms with Crippen molar-refractivity contribution in [1.29, 1.82) is 0 Å². The van der Waals surface area contributed by atoms with Gasteiger partial charge in [-0.05, 0) is 68.0 Å². The summed E-state index contributed by atoms with van der Waals surface area (Å²) in [7, 11) is 0. The predicted octanol–water partition coefficient (Wildman–Crippen LogP) is 2.94. The number of thiocarbonyl (C=S) groups is 1. The van der Waals surface area contributed by atoms with Crippen LogP contribution < -0.4 is 14.8 Å². The number of amides is 2. The standard InChI is InChI=1S/C24H25N3O6S/c1-3-26-22(29)18(12-21(28)25-17-8-6-16(7-9-17)23(30)31-4-2)27(24(26)34)13-15-5-10-19-20(11-15)33-14-32-19/h5-11,18H,3-4,12-14H2,1-2H3,(H,25,28). The van der Waals surface area contributed by atoms with E-state index in [1.54, 1.807) is 36.1 Å². The fourth-order valence-corrected chi connectivity index (χ4v) is 4.30. The summed E-state index contributed by atoms with van der Waals surface area (Å²) in [5.74, 6) is 0.342. The van der Waals surface area contributed by atoms with Crippen LogP contribution in [0.2, 0.25) is 0 Å². The molecule has 2 aromatic rings. The zero-order valence-corrected chi connectivity index (χ0v) is 19.7. The van der Waals surface area contributed by atoms with E-state index in [1.165, 1.54) is 4.90 Å². The summed E-state index contributed by atoms with van der Waals surface area (Å²) in [6.45, 7) is 4.81. The maximum atomic E-state index is 13.0. The third kappa shape index (κ3) is 4.81. The lowest BCUT2D eigenvalue weighted by molar-refractivity contribution is -0.130.